The minimum absolute atomic E-state index is 0.0442. The summed E-state index contributed by atoms with van der Waals surface area (Å²) in [5.41, 5.74) is 24.9. The van der Waals surface area contributed by atoms with Crippen LogP contribution in [0.5, 0.6) is 0 Å². The van der Waals surface area contributed by atoms with Crippen LogP contribution in [0.3, 0.4) is 0 Å². The molecule has 0 spiro atoms. The van der Waals surface area contributed by atoms with Gasteiger partial charge in [-0.1, -0.05) is 13.0 Å². The molecular weight excluding hydrogens is 1520 g/mol. The van der Waals surface area contributed by atoms with Crippen molar-refractivity contribution in [1.29, 1.82) is 0 Å². The maximum Gasteiger partial charge on any atom is 0.258 e. The van der Waals surface area contributed by atoms with Gasteiger partial charge < -0.3 is 39.5 Å². The maximum absolute atomic E-state index is 13.1. The number of fused-ring (bicyclic) bond motifs is 8. The number of imidazole rings is 1. The number of hydrogen-bond donors (Lipinski definition) is 2. The van der Waals surface area contributed by atoms with Gasteiger partial charge in [0.15, 0.2) is 0 Å². The van der Waals surface area contributed by atoms with Crippen LogP contribution in [-0.2, 0) is 0 Å². The third-order valence-corrected chi connectivity index (χ3v) is 23.9. The van der Waals surface area contributed by atoms with Crippen LogP contribution >= 0.6 is 0 Å². The number of nitrogens with one attached hydrogen (secondary N) is 2. The van der Waals surface area contributed by atoms with Crippen LogP contribution in [-0.4, -0.2) is 204 Å². The largest absolute Gasteiger partial charge is 0.368 e. The standard InChI is InChI=1S/2C23H27N7O.C23H25N5O.C22H25N7O/c1-13-6-18(28-9-14(2)24-15(3)10-28)12-29-22(31)8-19(26-23(13)29)20-7-21-17(5)25-16(4)11-30(21)27-20;1-14-8-18(28-7-6-27(5)16(3)12-28)13-29-22(31)10-19(25-23(14)29)20-9-21-17(4)24-15(2)11-30(21)26-20;1-3-26-9-6-17(7-10-26)19-4-5-21-25-20(13-23(29)28(21)15-19)18-8-11-27-14-16(2)24-22(27)12-18;1-13-7-17(27-6-5-23-14(2)10-27)12-28-21(30)9-18(25-22(13)28)19-8-20-16(4)24-15(3)11-29(20)26-19/h6-8,11-12,14-15,24H,9-10H2,1-5H3;8-11,13,16H,6-7,12H2,1-5H3;4-5,8,11-15,17H,3,6-7,9-10H2,1-2H3;7-9,11-12,14,23H,5-6,10H2,1-4H3/t14-,15+;16-;;14-/m.0.0/s1. The number of piperidine rings is 1. The molecule has 0 radical (unpaired) electrons. The van der Waals surface area contributed by atoms with Crippen molar-refractivity contribution >= 4 is 61.8 Å². The van der Waals surface area contributed by atoms with Gasteiger partial charge in [0.25, 0.3) is 22.2 Å². The SMILES string of the molecule is CCN1CCC(c2ccc3nc(-c4ccn5cc(C)nc5c4)cc(=O)n3c2)CC1.Cc1cn2nc(-c3cc(=O)n4cc(N5CCN(C)[C@@H](C)C5)cc(C)c4n3)cc2c(C)n1.Cc1cn2nc(-c3cc(=O)n4cc(N5CCN[C@@H](C)C5)cc(C)c4n3)cc2c(C)n1.Cc1cn2nc(-c3cc(=O)n4cc(N5C[C@@H](C)N[C@@H](C)C5)cc(C)c4n3)cc2c(C)n1. The molecule has 0 amide bonds. The first kappa shape index (κ1) is 80.6. The van der Waals surface area contributed by atoms with Crippen molar-refractivity contribution in [2.45, 2.75) is 147 Å². The van der Waals surface area contributed by atoms with Gasteiger partial charge in [0.2, 0.25) is 0 Å². The van der Waals surface area contributed by atoms with Gasteiger partial charge in [-0.2, -0.15) is 15.3 Å². The van der Waals surface area contributed by atoms with Crippen molar-refractivity contribution in [3.63, 3.8) is 0 Å². The molecule has 0 aliphatic carbocycles. The number of aryl methyl sites for hydroxylation is 10. The Balaban J connectivity index is 0.000000115. The van der Waals surface area contributed by atoms with E-state index in [0.717, 1.165) is 186 Å². The quantitative estimate of drug-likeness (QED) is 0.136. The van der Waals surface area contributed by atoms with Gasteiger partial charge >= 0.3 is 0 Å². The number of likely N-dealkylation sites (tertiary alicyclic amines) is 1. The van der Waals surface area contributed by atoms with E-state index >= 15 is 0 Å². The number of hydrogen-bond acceptors (Lipinski definition) is 22. The highest BCUT2D eigenvalue weighted by atomic mass is 16.1. The molecule has 20 heterocycles. The number of piperazine rings is 3. The number of rotatable bonds is 9. The van der Waals surface area contributed by atoms with Gasteiger partial charge in [-0.15, -0.1) is 0 Å². The average Bonchev–Trinajstić information content (AvgIpc) is 1.74. The molecular formula is C91H104N26O4. The van der Waals surface area contributed by atoms with E-state index in [1.807, 2.05) is 166 Å². The molecule has 4 aliphatic rings. The van der Waals surface area contributed by atoms with Crippen LogP contribution in [0.15, 0.2) is 160 Å². The molecule has 4 saturated heterocycles. The molecule has 0 aromatic carbocycles. The predicted molar refractivity (Wildman–Crippen MR) is 476 cm³/mol. The molecule has 4 atom stereocenters. The Morgan fingerprint density at radius 1 is 0.397 bits per heavy atom. The second-order valence-corrected chi connectivity index (χ2v) is 33.5. The Labute approximate surface area is 699 Å². The van der Waals surface area contributed by atoms with E-state index in [2.05, 4.69) is 136 Å². The van der Waals surface area contributed by atoms with Crippen LogP contribution in [0.4, 0.5) is 17.1 Å². The van der Waals surface area contributed by atoms with Crippen molar-refractivity contribution < 1.29 is 0 Å². The third kappa shape index (κ3) is 16.5. The van der Waals surface area contributed by atoms with E-state index in [9.17, 15) is 19.2 Å². The third-order valence-electron chi connectivity index (χ3n) is 23.9. The number of anilines is 3. The summed E-state index contributed by atoms with van der Waals surface area (Å²) in [5, 5.41) is 20.9. The van der Waals surface area contributed by atoms with E-state index in [4.69, 9.17) is 19.9 Å². The molecule has 4 fully saturated rings. The molecule has 2 N–H and O–H groups in total. The van der Waals surface area contributed by atoms with Gasteiger partial charge in [-0.3, -0.25) is 51.7 Å². The summed E-state index contributed by atoms with van der Waals surface area (Å²) in [5.74, 6) is 0.514. The lowest BCUT2D eigenvalue weighted by atomic mass is 9.90. The van der Waals surface area contributed by atoms with Crippen molar-refractivity contribution in [3.8, 4) is 45.4 Å². The van der Waals surface area contributed by atoms with Crippen LogP contribution in [0.2, 0.25) is 0 Å². The Bertz CT molecular complexity index is 6970. The summed E-state index contributed by atoms with van der Waals surface area (Å²) in [6.45, 7) is 41.5. The monoisotopic (exact) mass is 1620 g/mol. The topological polar surface area (TPSA) is 286 Å². The minimum Gasteiger partial charge on any atom is -0.368 e. The molecule has 0 bridgehead atoms. The maximum atomic E-state index is 13.1. The summed E-state index contributed by atoms with van der Waals surface area (Å²) in [7, 11) is 2.15. The zero-order valence-corrected chi connectivity index (χ0v) is 71.7. The Morgan fingerprint density at radius 2 is 0.843 bits per heavy atom. The summed E-state index contributed by atoms with van der Waals surface area (Å²) in [6, 6.07) is 28.3. The smallest absolute Gasteiger partial charge is 0.258 e. The molecule has 622 valence electrons. The molecule has 30 heteroatoms. The summed E-state index contributed by atoms with van der Waals surface area (Å²) in [6.07, 6.45) is 19.6. The van der Waals surface area contributed by atoms with Gasteiger partial charge in [0, 0.05) is 144 Å². The first-order chi connectivity index (χ1) is 58.1. The fraction of sp³-hybridized carbons (Fsp3) is 0.374. The zero-order chi connectivity index (χ0) is 84.7. The normalized spacial score (nSPS) is 17.6. The highest BCUT2D eigenvalue weighted by Crippen LogP contribution is 2.32. The van der Waals surface area contributed by atoms with E-state index in [1.54, 1.807) is 55.4 Å². The summed E-state index contributed by atoms with van der Waals surface area (Å²) in [4.78, 5) is 101. The van der Waals surface area contributed by atoms with Gasteiger partial charge in [0.05, 0.1) is 115 Å². The lowest BCUT2D eigenvalue weighted by molar-refractivity contribution is 0.222. The fourth-order valence-corrected chi connectivity index (χ4v) is 17.6. The second-order valence-electron chi connectivity index (χ2n) is 33.5. The average molecular weight is 1630 g/mol. The van der Waals surface area contributed by atoms with Gasteiger partial charge in [-0.05, 0) is 219 Å². The van der Waals surface area contributed by atoms with E-state index in [1.165, 1.54) is 5.56 Å². The number of aromatic nitrogens is 19. The highest BCUT2D eigenvalue weighted by molar-refractivity contribution is 5.72. The zero-order valence-electron chi connectivity index (χ0n) is 71.7. The Kier molecular flexibility index (Phi) is 21.8. The molecule has 121 heavy (non-hydrogen) atoms. The number of nitrogens with zero attached hydrogens (tertiary/aromatic N) is 24. The fourth-order valence-electron chi connectivity index (χ4n) is 17.6. The van der Waals surface area contributed by atoms with Crippen molar-refractivity contribution in [3.05, 3.63) is 244 Å². The first-order valence-corrected chi connectivity index (χ1v) is 41.9. The van der Waals surface area contributed by atoms with Crippen LogP contribution in [0.25, 0.3) is 90.2 Å². The molecule has 4 aliphatic heterocycles. The van der Waals surface area contributed by atoms with Crippen molar-refractivity contribution in [2.24, 2.45) is 0 Å². The van der Waals surface area contributed by atoms with Crippen LogP contribution in [0.1, 0.15) is 115 Å². The predicted octanol–water partition coefficient (Wildman–Crippen LogP) is 10.6. The lowest BCUT2D eigenvalue weighted by Crippen LogP contribution is -2.54. The lowest BCUT2D eigenvalue weighted by Gasteiger charge is -2.39. The van der Waals surface area contributed by atoms with E-state index in [0.29, 0.717) is 92.5 Å². The van der Waals surface area contributed by atoms with E-state index in [-0.39, 0.29) is 22.2 Å². The summed E-state index contributed by atoms with van der Waals surface area (Å²) < 4.78 is 14.0. The minimum atomic E-state index is -0.107. The Morgan fingerprint density at radius 3 is 1.31 bits per heavy atom. The Hall–Kier alpha value is -12.8. The molecule has 20 rings (SSSR count). The number of likely N-dealkylation sites (N-methyl/N-ethyl adjacent to an activating group) is 1. The first-order valence-electron chi connectivity index (χ1n) is 41.9. The van der Waals surface area contributed by atoms with Crippen molar-refractivity contribution in [1.82, 2.24) is 111 Å². The molecule has 16 aromatic heterocycles. The molecule has 0 saturated carbocycles. The van der Waals surface area contributed by atoms with Crippen LogP contribution < -0.4 is 47.6 Å². The summed E-state index contributed by atoms with van der Waals surface area (Å²) >= 11 is 0. The highest BCUT2D eigenvalue weighted by Gasteiger charge is 2.27. The van der Waals surface area contributed by atoms with Crippen molar-refractivity contribution in [2.75, 3.05) is 93.7 Å². The molecule has 0 unspecified atom stereocenters. The van der Waals surface area contributed by atoms with Gasteiger partial charge in [-0.25, -0.2) is 38.5 Å². The number of pyridine rings is 5. The van der Waals surface area contributed by atoms with Crippen LogP contribution in [0, 0.1) is 69.2 Å². The molecule has 30 nitrogen and oxygen atoms in total. The molecule has 16 aromatic rings. The second kappa shape index (κ2) is 32.7. The van der Waals surface area contributed by atoms with E-state index < -0.39 is 0 Å². The van der Waals surface area contributed by atoms with Gasteiger partial charge in [0.1, 0.15) is 45.3 Å².